The lowest BCUT2D eigenvalue weighted by molar-refractivity contribution is -0.136. The van der Waals surface area contributed by atoms with Gasteiger partial charge in [-0.25, -0.2) is 0 Å². The Morgan fingerprint density at radius 1 is 1.30 bits per heavy atom. The Labute approximate surface area is 142 Å². The van der Waals surface area contributed by atoms with E-state index in [1.54, 1.807) is 11.3 Å². The molecule has 128 valence electrons. The molecule has 0 radical (unpaired) electrons. The minimum Gasteiger partial charge on any atom is -0.369 e. The van der Waals surface area contributed by atoms with Crippen molar-refractivity contribution in [3.8, 4) is 0 Å². The zero-order valence-corrected chi connectivity index (χ0v) is 15.2. The summed E-state index contributed by atoms with van der Waals surface area (Å²) in [5.41, 5.74) is 6.60. The molecule has 2 heterocycles. The van der Waals surface area contributed by atoms with E-state index in [4.69, 9.17) is 5.73 Å². The number of carbonyl (C=O) groups is 2. The van der Waals surface area contributed by atoms with Crippen molar-refractivity contribution in [2.75, 3.05) is 13.1 Å². The van der Waals surface area contributed by atoms with Crippen LogP contribution in [0.4, 0.5) is 0 Å². The Balaban J connectivity index is 1.90. The van der Waals surface area contributed by atoms with Gasteiger partial charge >= 0.3 is 0 Å². The molecular formula is C17H27N3O2S. The SMILES string of the molecule is Cc1cc([C@@H](C)N[C@H](C)C(=O)N2CCC(C(N)=O)CC2)c(C)s1. The molecule has 2 rings (SSSR count). The minimum atomic E-state index is -0.250. The predicted octanol–water partition coefficient (Wildman–Crippen LogP) is 2.13. The van der Waals surface area contributed by atoms with E-state index in [1.807, 2.05) is 11.8 Å². The number of piperidine rings is 1. The Bertz CT molecular complexity index is 576. The van der Waals surface area contributed by atoms with E-state index in [0.717, 1.165) is 0 Å². The van der Waals surface area contributed by atoms with E-state index in [1.165, 1.54) is 15.3 Å². The molecule has 0 aromatic carbocycles. The monoisotopic (exact) mass is 337 g/mol. The third kappa shape index (κ3) is 4.32. The molecule has 6 heteroatoms. The summed E-state index contributed by atoms with van der Waals surface area (Å²) in [5, 5.41) is 3.41. The van der Waals surface area contributed by atoms with E-state index < -0.39 is 0 Å². The van der Waals surface area contributed by atoms with Crippen molar-refractivity contribution in [1.82, 2.24) is 10.2 Å². The first-order chi connectivity index (χ1) is 10.8. The molecule has 1 aromatic heterocycles. The normalized spacial score (nSPS) is 18.7. The number of primary amides is 1. The lowest BCUT2D eigenvalue weighted by Gasteiger charge is -2.33. The number of nitrogens with one attached hydrogen (secondary N) is 1. The number of amides is 2. The van der Waals surface area contributed by atoms with Crippen LogP contribution in [0.2, 0.25) is 0 Å². The topological polar surface area (TPSA) is 75.4 Å². The van der Waals surface area contributed by atoms with E-state index >= 15 is 0 Å². The highest BCUT2D eigenvalue weighted by molar-refractivity contribution is 7.12. The molecule has 2 amide bonds. The molecule has 1 aliphatic heterocycles. The van der Waals surface area contributed by atoms with Gasteiger partial charge in [0.05, 0.1) is 6.04 Å². The minimum absolute atomic E-state index is 0.0855. The van der Waals surface area contributed by atoms with Crippen LogP contribution >= 0.6 is 11.3 Å². The molecule has 1 fully saturated rings. The van der Waals surface area contributed by atoms with Crippen LogP contribution in [0.25, 0.3) is 0 Å². The molecule has 0 aliphatic carbocycles. The van der Waals surface area contributed by atoms with Gasteiger partial charge in [0.25, 0.3) is 0 Å². The summed E-state index contributed by atoms with van der Waals surface area (Å²) in [6.07, 6.45) is 1.35. The van der Waals surface area contributed by atoms with Gasteiger partial charge in [-0.15, -0.1) is 11.3 Å². The first-order valence-corrected chi connectivity index (χ1v) is 9.02. The van der Waals surface area contributed by atoms with E-state index in [9.17, 15) is 9.59 Å². The van der Waals surface area contributed by atoms with Gasteiger partial charge in [-0.1, -0.05) is 0 Å². The quantitative estimate of drug-likeness (QED) is 0.864. The number of carbonyl (C=O) groups excluding carboxylic acids is 2. The van der Waals surface area contributed by atoms with Crippen molar-refractivity contribution in [1.29, 1.82) is 0 Å². The average Bonchev–Trinajstić information content (AvgIpc) is 2.85. The van der Waals surface area contributed by atoms with Crippen LogP contribution in [0.5, 0.6) is 0 Å². The number of likely N-dealkylation sites (tertiary alicyclic amines) is 1. The highest BCUT2D eigenvalue weighted by Gasteiger charge is 2.29. The van der Waals surface area contributed by atoms with Crippen LogP contribution < -0.4 is 11.1 Å². The van der Waals surface area contributed by atoms with Gasteiger partial charge in [0.2, 0.25) is 11.8 Å². The van der Waals surface area contributed by atoms with Crippen molar-refractivity contribution in [2.24, 2.45) is 11.7 Å². The maximum Gasteiger partial charge on any atom is 0.239 e. The average molecular weight is 337 g/mol. The lowest BCUT2D eigenvalue weighted by atomic mass is 9.96. The highest BCUT2D eigenvalue weighted by Crippen LogP contribution is 2.26. The number of hydrogen-bond donors (Lipinski definition) is 2. The van der Waals surface area contributed by atoms with Gasteiger partial charge < -0.3 is 10.6 Å². The molecule has 2 atom stereocenters. The largest absolute Gasteiger partial charge is 0.369 e. The summed E-state index contributed by atoms with van der Waals surface area (Å²) in [7, 11) is 0. The van der Waals surface area contributed by atoms with Crippen molar-refractivity contribution < 1.29 is 9.59 Å². The van der Waals surface area contributed by atoms with Gasteiger partial charge in [-0.2, -0.15) is 0 Å². The second-order valence-electron chi connectivity index (χ2n) is 6.48. The van der Waals surface area contributed by atoms with Crippen molar-refractivity contribution in [3.05, 3.63) is 21.4 Å². The van der Waals surface area contributed by atoms with Crippen LogP contribution in [-0.2, 0) is 9.59 Å². The number of nitrogens with zero attached hydrogens (tertiary/aromatic N) is 1. The Morgan fingerprint density at radius 2 is 1.91 bits per heavy atom. The summed E-state index contributed by atoms with van der Waals surface area (Å²) in [5.74, 6) is -0.234. The molecule has 0 bridgehead atoms. The van der Waals surface area contributed by atoms with Crippen LogP contribution in [0.15, 0.2) is 6.07 Å². The van der Waals surface area contributed by atoms with E-state index in [2.05, 4.69) is 32.2 Å². The number of thiophene rings is 1. The summed E-state index contributed by atoms with van der Waals surface area (Å²) in [4.78, 5) is 28.2. The van der Waals surface area contributed by atoms with Gasteiger partial charge in [0.1, 0.15) is 0 Å². The summed E-state index contributed by atoms with van der Waals surface area (Å²) in [6, 6.07) is 2.09. The van der Waals surface area contributed by atoms with E-state index in [-0.39, 0.29) is 29.8 Å². The van der Waals surface area contributed by atoms with Gasteiger partial charge in [-0.05, 0) is 52.2 Å². The molecule has 0 spiro atoms. The molecule has 1 aromatic rings. The first-order valence-electron chi connectivity index (χ1n) is 8.20. The third-order valence-electron chi connectivity index (χ3n) is 4.63. The molecular weight excluding hydrogens is 310 g/mol. The third-order valence-corrected chi connectivity index (χ3v) is 5.61. The van der Waals surface area contributed by atoms with E-state index in [0.29, 0.717) is 25.9 Å². The molecule has 0 saturated carbocycles. The van der Waals surface area contributed by atoms with Crippen molar-refractivity contribution in [2.45, 2.75) is 52.6 Å². The number of nitrogens with two attached hydrogens (primary N) is 1. The Morgan fingerprint density at radius 3 is 2.39 bits per heavy atom. The smallest absolute Gasteiger partial charge is 0.239 e. The van der Waals surface area contributed by atoms with Gasteiger partial charge in [0, 0.05) is 34.8 Å². The zero-order chi connectivity index (χ0) is 17.1. The lowest BCUT2D eigenvalue weighted by Crippen LogP contribution is -2.49. The van der Waals surface area contributed by atoms with Crippen LogP contribution in [0.3, 0.4) is 0 Å². The molecule has 3 N–H and O–H groups in total. The summed E-state index contributed by atoms with van der Waals surface area (Å²) >= 11 is 1.78. The number of rotatable bonds is 5. The van der Waals surface area contributed by atoms with Crippen molar-refractivity contribution >= 4 is 23.2 Å². The maximum atomic E-state index is 12.6. The Hall–Kier alpha value is -1.40. The molecule has 1 saturated heterocycles. The standard InChI is InChI=1S/C17H27N3O2S/c1-10-9-15(13(4)23-10)11(2)19-12(3)17(22)20-7-5-14(6-8-20)16(18)21/h9,11-12,14,19H,5-8H2,1-4H3,(H2,18,21)/t11-,12-/m1/s1. The summed E-state index contributed by atoms with van der Waals surface area (Å²) in [6.45, 7) is 9.45. The van der Waals surface area contributed by atoms with Crippen LogP contribution in [0, 0.1) is 19.8 Å². The molecule has 5 nitrogen and oxygen atoms in total. The van der Waals surface area contributed by atoms with Crippen molar-refractivity contribution in [3.63, 3.8) is 0 Å². The van der Waals surface area contributed by atoms with Gasteiger partial charge in [0.15, 0.2) is 0 Å². The number of aryl methyl sites for hydroxylation is 2. The molecule has 0 unspecified atom stereocenters. The second kappa shape index (κ2) is 7.45. The predicted molar refractivity (Wildman–Crippen MR) is 93.3 cm³/mol. The number of hydrogen-bond acceptors (Lipinski definition) is 4. The fourth-order valence-electron chi connectivity index (χ4n) is 3.27. The Kier molecular flexibility index (Phi) is 5.81. The molecule has 23 heavy (non-hydrogen) atoms. The summed E-state index contributed by atoms with van der Waals surface area (Å²) < 4.78 is 0. The van der Waals surface area contributed by atoms with Gasteiger partial charge in [-0.3, -0.25) is 14.9 Å². The highest BCUT2D eigenvalue weighted by atomic mass is 32.1. The van der Waals surface area contributed by atoms with Crippen LogP contribution in [0.1, 0.15) is 48.0 Å². The first kappa shape index (κ1) is 17.9. The zero-order valence-electron chi connectivity index (χ0n) is 14.4. The second-order valence-corrected chi connectivity index (χ2v) is 7.94. The fraction of sp³-hybridized carbons (Fsp3) is 0.647. The van der Waals surface area contributed by atoms with Crippen LogP contribution in [-0.4, -0.2) is 35.8 Å². The fourth-order valence-corrected chi connectivity index (χ4v) is 4.30. The maximum absolute atomic E-state index is 12.6. The molecule has 1 aliphatic rings.